The van der Waals surface area contributed by atoms with Crippen LogP contribution < -0.4 is 4.72 Å². The summed E-state index contributed by atoms with van der Waals surface area (Å²) in [5.74, 6) is 0. The van der Waals surface area contributed by atoms with Crippen LogP contribution in [0.25, 0.3) is 0 Å². The molecule has 3 rings (SSSR count). The third kappa shape index (κ3) is 4.43. The third-order valence-corrected chi connectivity index (χ3v) is 5.16. The minimum Gasteiger partial charge on any atom is -0.360 e. The SMILES string of the molecule is Cc1ccc(S(=O)(=O)NCc2ccccc2N=Cc2ccc[nH]2)cc1. The molecule has 3 aromatic rings. The molecule has 0 spiro atoms. The fraction of sp³-hybridized carbons (Fsp3) is 0.105. The number of rotatable bonds is 6. The lowest BCUT2D eigenvalue weighted by molar-refractivity contribution is 0.581. The van der Waals surface area contributed by atoms with E-state index in [2.05, 4.69) is 14.7 Å². The Balaban J connectivity index is 1.76. The van der Waals surface area contributed by atoms with Crippen LogP contribution in [-0.2, 0) is 16.6 Å². The molecule has 1 heterocycles. The molecule has 5 nitrogen and oxygen atoms in total. The summed E-state index contributed by atoms with van der Waals surface area (Å²) in [6.45, 7) is 2.09. The van der Waals surface area contributed by atoms with Crippen molar-refractivity contribution < 1.29 is 8.42 Å². The van der Waals surface area contributed by atoms with E-state index in [0.717, 1.165) is 22.5 Å². The Labute approximate surface area is 147 Å². The van der Waals surface area contributed by atoms with Crippen LogP contribution in [0.3, 0.4) is 0 Å². The molecule has 0 aliphatic rings. The molecule has 0 aliphatic carbocycles. The molecule has 2 aromatic carbocycles. The molecular formula is C19H19N3O2S. The number of sulfonamides is 1. The number of para-hydroxylation sites is 1. The predicted octanol–water partition coefficient (Wildman–Crippen LogP) is 3.55. The number of aromatic nitrogens is 1. The number of hydrogen-bond donors (Lipinski definition) is 2. The maximum Gasteiger partial charge on any atom is 0.240 e. The van der Waals surface area contributed by atoms with Gasteiger partial charge in [0.05, 0.1) is 22.5 Å². The van der Waals surface area contributed by atoms with E-state index < -0.39 is 10.0 Å². The monoisotopic (exact) mass is 353 g/mol. The van der Waals surface area contributed by atoms with Crippen molar-refractivity contribution in [2.75, 3.05) is 0 Å². The Hall–Kier alpha value is -2.70. The summed E-state index contributed by atoms with van der Waals surface area (Å²) in [6, 6.07) is 18.0. The summed E-state index contributed by atoms with van der Waals surface area (Å²) in [5.41, 5.74) is 3.43. The zero-order valence-electron chi connectivity index (χ0n) is 13.8. The normalized spacial score (nSPS) is 11.9. The van der Waals surface area contributed by atoms with Gasteiger partial charge in [0.1, 0.15) is 0 Å². The molecule has 0 bridgehead atoms. The number of nitrogens with one attached hydrogen (secondary N) is 2. The topological polar surface area (TPSA) is 74.3 Å². The van der Waals surface area contributed by atoms with Crippen molar-refractivity contribution in [1.82, 2.24) is 9.71 Å². The first-order valence-corrected chi connectivity index (χ1v) is 9.35. The average molecular weight is 353 g/mol. The number of aliphatic imine (C=N–C) groups is 1. The van der Waals surface area contributed by atoms with Gasteiger partial charge in [-0.2, -0.15) is 0 Å². The van der Waals surface area contributed by atoms with E-state index in [9.17, 15) is 8.42 Å². The Kier molecular flexibility index (Phi) is 5.11. The summed E-state index contributed by atoms with van der Waals surface area (Å²) in [4.78, 5) is 7.75. The molecule has 2 N–H and O–H groups in total. The number of hydrogen-bond acceptors (Lipinski definition) is 3. The first-order valence-electron chi connectivity index (χ1n) is 7.86. The second kappa shape index (κ2) is 7.46. The van der Waals surface area contributed by atoms with Crippen molar-refractivity contribution in [3.8, 4) is 0 Å². The quantitative estimate of drug-likeness (QED) is 0.665. The zero-order chi connectivity index (χ0) is 17.7. The number of nitrogens with zero attached hydrogens (tertiary/aromatic N) is 1. The Bertz CT molecular complexity index is 960. The fourth-order valence-corrected chi connectivity index (χ4v) is 3.33. The standard InChI is InChI=1S/C19H19N3O2S/c1-15-8-10-18(11-9-15)25(23,24)22-13-16-5-2-3-7-19(16)21-14-17-6-4-12-20-17/h2-12,14,20,22H,13H2,1H3. The molecule has 0 saturated heterocycles. The van der Waals surface area contributed by atoms with Crippen LogP contribution >= 0.6 is 0 Å². The Morgan fingerprint density at radius 3 is 2.52 bits per heavy atom. The molecule has 0 saturated carbocycles. The highest BCUT2D eigenvalue weighted by molar-refractivity contribution is 7.89. The van der Waals surface area contributed by atoms with E-state index in [-0.39, 0.29) is 11.4 Å². The number of benzene rings is 2. The van der Waals surface area contributed by atoms with E-state index >= 15 is 0 Å². The van der Waals surface area contributed by atoms with Crippen LogP contribution in [-0.4, -0.2) is 19.6 Å². The number of H-pyrrole nitrogens is 1. The van der Waals surface area contributed by atoms with Crippen LogP contribution in [0.4, 0.5) is 5.69 Å². The van der Waals surface area contributed by atoms with Gasteiger partial charge in [-0.05, 0) is 42.8 Å². The van der Waals surface area contributed by atoms with E-state index in [1.807, 2.05) is 49.5 Å². The second-order valence-corrected chi connectivity index (χ2v) is 7.42. The summed E-state index contributed by atoms with van der Waals surface area (Å²) >= 11 is 0. The molecule has 0 unspecified atom stereocenters. The fourth-order valence-electron chi connectivity index (χ4n) is 2.32. The van der Waals surface area contributed by atoms with Crippen LogP contribution in [0.2, 0.25) is 0 Å². The summed E-state index contributed by atoms with van der Waals surface area (Å²) in [7, 11) is -3.56. The third-order valence-electron chi connectivity index (χ3n) is 3.74. The van der Waals surface area contributed by atoms with Gasteiger partial charge in [0.2, 0.25) is 10.0 Å². The lowest BCUT2D eigenvalue weighted by Gasteiger charge is -2.09. The largest absolute Gasteiger partial charge is 0.360 e. The molecule has 0 aliphatic heterocycles. The summed E-state index contributed by atoms with van der Waals surface area (Å²) in [6.07, 6.45) is 3.54. The van der Waals surface area contributed by atoms with Gasteiger partial charge >= 0.3 is 0 Å². The van der Waals surface area contributed by atoms with Gasteiger partial charge in [0, 0.05) is 12.7 Å². The molecule has 25 heavy (non-hydrogen) atoms. The van der Waals surface area contributed by atoms with Crippen molar-refractivity contribution >= 4 is 21.9 Å². The minimum absolute atomic E-state index is 0.175. The van der Waals surface area contributed by atoms with Crippen molar-refractivity contribution in [1.29, 1.82) is 0 Å². The summed E-state index contributed by atoms with van der Waals surface area (Å²) in [5, 5.41) is 0. The van der Waals surface area contributed by atoms with Gasteiger partial charge in [0.15, 0.2) is 0 Å². The van der Waals surface area contributed by atoms with Crippen LogP contribution in [0.1, 0.15) is 16.8 Å². The molecule has 128 valence electrons. The van der Waals surface area contributed by atoms with Crippen LogP contribution in [0, 0.1) is 6.92 Å². The molecule has 6 heteroatoms. The van der Waals surface area contributed by atoms with E-state index in [0.29, 0.717) is 0 Å². The first-order chi connectivity index (χ1) is 12.0. The second-order valence-electron chi connectivity index (χ2n) is 5.65. The van der Waals surface area contributed by atoms with Gasteiger partial charge < -0.3 is 4.98 Å². The van der Waals surface area contributed by atoms with Crippen molar-refractivity contribution in [2.45, 2.75) is 18.4 Å². The predicted molar refractivity (Wildman–Crippen MR) is 99.7 cm³/mol. The van der Waals surface area contributed by atoms with E-state index in [1.165, 1.54) is 0 Å². The Morgan fingerprint density at radius 1 is 1.04 bits per heavy atom. The lowest BCUT2D eigenvalue weighted by Crippen LogP contribution is -2.23. The molecular weight excluding hydrogens is 334 g/mol. The average Bonchev–Trinajstić information content (AvgIpc) is 3.13. The minimum atomic E-state index is -3.56. The first kappa shape index (κ1) is 17.1. The lowest BCUT2D eigenvalue weighted by atomic mass is 10.2. The highest BCUT2D eigenvalue weighted by atomic mass is 32.2. The molecule has 0 amide bonds. The summed E-state index contributed by atoms with van der Waals surface area (Å²) < 4.78 is 27.5. The molecule has 1 aromatic heterocycles. The molecule has 0 radical (unpaired) electrons. The zero-order valence-corrected chi connectivity index (χ0v) is 14.6. The van der Waals surface area contributed by atoms with Crippen LogP contribution in [0.5, 0.6) is 0 Å². The smallest absolute Gasteiger partial charge is 0.240 e. The maximum atomic E-state index is 12.4. The van der Waals surface area contributed by atoms with Gasteiger partial charge in [-0.3, -0.25) is 4.99 Å². The van der Waals surface area contributed by atoms with Crippen molar-refractivity contribution in [3.63, 3.8) is 0 Å². The van der Waals surface area contributed by atoms with Crippen molar-refractivity contribution in [2.24, 2.45) is 4.99 Å². The number of aromatic amines is 1. The number of aryl methyl sites for hydroxylation is 1. The molecule has 0 fully saturated rings. The highest BCUT2D eigenvalue weighted by Crippen LogP contribution is 2.19. The van der Waals surface area contributed by atoms with E-state index in [1.54, 1.807) is 30.5 Å². The van der Waals surface area contributed by atoms with Crippen molar-refractivity contribution in [3.05, 3.63) is 83.7 Å². The van der Waals surface area contributed by atoms with E-state index in [4.69, 9.17) is 0 Å². The van der Waals surface area contributed by atoms with Gasteiger partial charge in [0.25, 0.3) is 0 Å². The highest BCUT2D eigenvalue weighted by Gasteiger charge is 2.14. The van der Waals surface area contributed by atoms with Gasteiger partial charge in [-0.25, -0.2) is 13.1 Å². The van der Waals surface area contributed by atoms with Gasteiger partial charge in [-0.15, -0.1) is 0 Å². The maximum absolute atomic E-state index is 12.4. The van der Waals surface area contributed by atoms with Crippen LogP contribution in [0.15, 0.2) is 76.7 Å². The Morgan fingerprint density at radius 2 is 1.80 bits per heavy atom. The van der Waals surface area contributed by atoms with Gasteiger partial charge in [-0.1, -0.05) is 35.9 Å². The molecule has 0 atom stereocenters.